The zero-order chi connectivity index (χ0) is 21.5. The van der Waals surface area contributed by atoms with E-state index in [1.54, 1.807) is 12.1 Å². The zero-order valence-electron chi connectivity index (χ0n) is 17.5. The van der Waals surface area contributed by atoms with Crippen LogP contribution in [0.4, 0.5) is 0 Å². The topological polar surface area (TPSA) is 89.9 Å². The first-order valence-corrected chi connectivity index (χ1v) is 11.3. The molecule has 0 heterocycles. The van der Waals surface area contributed by atoms with Gasteiger partial charge in [0.1, 0.15) is 0 Å². The monoisotopic (exact) mass is 422 g/mol. The molecule has 0 unspecified atom stereocenters. The minimum atomic E-state index is -3.95. The summed E-state index contributed by atoms with van der Waals surface area (Å²) in [6.07, 6.45) is 5.92. The number of carbonyl (C=O) groups excluding carboxylic acids is 1. The van der Waals surface area contributed by atoms with Gasteiger partial charge in [0.2, 0.25) is 0 Å². The largest absolute Gasteiger partial charge is 0.467 e. The molecule has 1 saturated carbocycles. The van der Waals surface area contributed by atoms with Gasteiger partial charge in [-0.15, -0.1) is 0 Å². The lowest BCUT2D eigenvalue weighted by Crippen LogP contribution is -2.55. The van der Waals surface area contributed by atoms with Gasteiger partial charge in [-0.2, -0.15) is 8.42 Å². The number of rotatable bonds is 5. The molecule has 1 aromatic carbocycles. The summed E-state index contributed by atoms with van der Waals surface area (Å²) in [4.78, 5) is 12.3. The average molecular weight is 423 g/mol. The predicted molar refractivity (Wildman–Crippen MR) is 109 cm³/mol. The van der Waals surface area contributed by atoms with Gasteiger partial charge >= 0.3 is 5.97 Å². The Kier molecular flexibility index (Phi) is 5.71. The fourth-order valence-electron chi connectivity index (χ4n) is 5.05. The summed E-state index contributed by atoms with van der Waals surface area (Å²) in [5.74, 6) is -0.766. The molecule has 2 aliphatic rings. The van der Waals surface area contributed by atoms with Crippen LogP contribution in [0.2, 0.25) is 0 Å². The second-order valence-electron chi connectivity index (χ2n) is 9.16. The van der Waals surface area contributed by atoms with Crippen molar-refractivity contribution in [2.24, 2.45) is 16.7 Å². The van der Waals surface area contributed by atoms with Gasteiger partial charge in [0.25, 0.3) is 10.1 Å². The molecule has 0 spiro atoms. The van der Waals surface area contributed by atoms with E-state index in [-0.39, 0.29) is 29.3 Å². The summed E-state index contributed by atoms with van der Waals surface area (Å²) >= 11 is 0. The van der Waals surface area contributed by atoms with E-state index >= 15 is 0 Å². The van der Waals surface area contributed by atoms with Crippen LogP contribution in [0.5, 0.6) is 0 Å². The van der Waals surface area contributed by atoms with Crippen molar-refractivity contribution < 1.29 is 27.2 Å². The number of ether oxygens (including phenoxy) is 1. The fraction of sp³-hybridized carbons (Fsp3) is 0.591. The first-order chi connectivity index (χ1) is 13.4. The number of esters is 1. The number of methoxy groups -OCH3 is 1. The molecule has 3 atom stereocenters. The molecule has 1 aromatic rings. The molecule has 3 rings (SSSR count). The Hall–Kier alpha value is -1.70. The van der Waals surface area contributed by atoms with Gasteiger partial charge < -0.3 is 9.84 Å². The Morgan fingerprint density at radius 1 is 1.21 bits per heavy atom. The van der Waals surface area contributed by atoms with Crippen molar-refractivity contribution in [2.45, 2.75) is 57.0 Å². The van der Waals surface area contributed by atoms with Crippen molar-refractivity contribution in [3.05, 3.63) is 42.0 Å². The normalized spacial score (nSPS) is 31.1. The van der Waals surface area contributed by atoms with Crippen LogP contribution in [0.25, 0.3) is 0 Å². The molecular formula is C22H30O6S. The smallest absolute Gasteiger partial charge is 0.341 e. The second-order valence-corrected chi connectivity index (χ2v) is 10.8. The first kappa shape index (κ1) is 22.0. The summed E-state index contributed by atoms with van der Waals surface area (Å²) < 4.78 is 35.9. The molecule has 1 N–H and O–H groups in total. The van der Waals surface area contributed by atoms with E-state index in [9.17, 15) is 18.3 Å². The molecule has 0 radical (unpaired) electrons. The molecule has 0 aromatic heterocycles. The van der Waals surface area contributed by atoms with Crippen molar-refractivity contribution in [1.29, 1.82) is 0 Å². The van der Waals surface area contributed by atoms with E-state index in [4.69, 9.17) is 8.92 Å². The quantitative estimate of drug-likeness (QED) is 0.444. The van der Waals surface area contributed by atoms with Crippen molar-refractivity contribution in [2.75, 3.05) is 13.7 Å². The fourth-order valence-corrected chi connectivity index (χ4v) is 6.04. The summed E-state index contributed by atoms with van der Waals surface area (Å²) in [6, 6.07) is 6.49. The third kappa shape index (κ3) is 4.13. The summed E-state index contributed by atoms with van der Waals surface area (Å²) in [7, 11) is -2.72. The van der Waals surface area contributed by atoms with Gasteiger partial charge in [-0.3, -0.25) is 4.18 Å². The molecule has 29 heavy (non-hydrogen) atoms. The minimum absolute atomic E-state index is 0.0260. The number of benzene rings is 1. The van der Waals surface area contributed by atoms with Crippen LogP contribution in [0, 0.1) is 23.7 Å². The number of allylic oxidation sites excluding steroid dienone is 1. The molecule has 0 amide bonds. The first-order valence-electron chi connectivity index (χ1n) is 9.90. The SMILES string of the molecule is COC(=O)[C@@]1(O)C=C[C@@H]2C(C)(C)CCC[C@@]2(COS(=O)(=O)c2ccc(C)cc2)C1. The zero-order valence-corrected chi connectivity index (χ0v) is 18.3. The van der Waals surface area contributed by atoms with Crippen LogP contribution < -0.4 is 0 Å². The lowest BCUT2D eigenvalue weighted by atomic mass is 9.51. The Balaban J connectivity index is 1.93. The maximum Gasteiger partial charge on any atom is 0.341 e. The van der Waals surface area contributed by atoms with Crippen LogP contribution in [0.3, 0.4) is 0 Å². The Labute approximate surface area is 173 Å². The lowest BCUT2D eigenvalue weighted by molar-refractivity contribution is -0.166. The van der Waals surface area contributed by atoms with Gasteiger partial charge in [-0.1, -0.05) is 44.0 Å². The third-order valence-corrected chi connectivity index (χ3v) is 7.81. The summed E-state index contributed by atoms with van der Waals surface area (Å²) in [6.45, 7) is 6.05. The number of fused-ring (bicyclic) bond motifs is 1. The van der Waals surface area contributed by atoms with Crippen molar-refractivity contribution in [3.8, 4) is 0 Å². The third-order valence-electron chi connectivity index (χ3n) is 6.53. The number of aliphatic hydroxyl groups is 1. The van der Waals surface area contributed by atoms with Crippen molar-refractivity contribution >= 4 is 16.1 Å². The van der Waals surface area contributed by atoms with Crippen LogP contribution in [0.1, 0.15) is 45.1 Å². The highest BCUT2D eigenvalue weighted by Gasteiger charge is 2.56. The predicted octanol–water partition coefficient (Wildman–Crippen LogP) is 3.38. The van der Waals surface area contributed by atoms with E-state index in [0.29, 0.717) is 6.42 Å². The number of aryl methyl sites for hydroxylation is 1. The summed E-state index contributed by atoms with van der Waals surface area (Å²) in [5.41, 5.74) is -1.62. The van der Waals surface area contributed by atoms with Crippen LogP contribution >= 0.6 is 0 Å². The highest BCUT2D eigenvalue weighted by Crippen LogP contribution is 2.57. The Morgan fingerprint density at radius 2 is 1.86 bits per heavy atom. The second kappa shape index (κ2) is 7.52. The highest BCUT2D eigenvalue weighted by atomic mass is 32.2. The van der Waals surface area contributed by atoms with E-state index in [2.05, 4.69) is 13.8 Å². The lowest BCUT2D eigenvalue weighted by Gasteiger charge is -2.55. The van der Waals surface area contributed by atoms with Crippen LogP contribution in [-0.2, 0) is 23.8 Å². The van der Waals surface area contributed by atoms with E-state index in [1.807, 2.05) is 13.0 Å². The average Bonchev–Trinajstić information content (AvgIpc) is 2.65. The highest BCUT2D eigenvalue weighted by molar-refractivity contribution is 7.86. The maximum atomic E-state index is 12.8. The molecule has 7 heteroatoms. The van der Waals surface area contributed by atoms with Gasteiger partial charge in [-0.25, -0.2) is 4.79 Å². The molecule has 6 nitrogen and oxygen atoms in total. The van der Waals surface area contributed by atoms with Crippen LogP contribution in [0.15, 0.2) is 41.3 Å². The van der Waals surface area contributed by atoms with E-state index in [0.717, 1.165) is 18.4 Å². The number of hydrogen-bond donors (Lipinski definition) is 1. The van der Waals surface area contributed by atoms with E-state index < -0.39 is 27.1 Å². The molecule has 160 valence electrons. The standard InChI is InChI=1S/C22H30O6S/c1-16-6-8-17(9-7-16)29(25,26)28-15-21-12-5-11-20(2,3)18(21)10-13-22(24,14-21)19(23)27-4/h6-10,13,18,24H,5,11-12,14-15H2,1-4H3/t18-,21+,22-/m1/s1. The van der Waals surface area contributed by atoms with Crippen LogP contribution in [-0.4, -0.2) is 38.8 Å². The van der Waals surface area contributed by atoms with Gasteiger partial charge in [0.05, 0.1) is 18.6 Å². The Bertz CT molecular complexity index is 902. The van der Waals surface area contributed by atoms with Gasteiger partial charge in [-0.05, 0) is 55.7 Å². The minimum Gasteiger partial charge on any atom is -0.467 e. The molecule has 2 aliphatic carbocycles. The van der Waals surface area contributed by atoms with Gasteiger partial charge in [0, 0.05) is 5.41 Å². The van der Waals surface area contributed by atoms with E-state index in [1.165, 1.54) is 25.3 Å². The molecule has 0 saturated heterocycles. The summed E-state index contributed by atoms with van der Waals surface area (Å²) in [5, 5.41) is 10.9. The number of carbonyl (C=O) groups is 1. The molecule has 1 fully saturated rings. The Morgan fingerprint density at radius 3 is 2.48 bits per heavy atom. The van der Waals surface area contributed by atoms with Crippen molar-refractivity contribution in [3.63, 3.8) is 0 Å². The maximum absolute atomic E-state index is 12.8. The van der Waals surface area contributed by atoms with Gasteiger partial charge in [0.15, 0.2) is 5.60 Å². The van der Waals surface area contributed by atoms with Crippen molar-refractivity contribution in [1.82, 2.24) is 0 Å². The number of hydrogen-bond acceptors (Lipinski definition) is 6. The molecular weight excluding hydrogens is 392 g/mol. The molecule has 0 aliphatic heterocycles. The molecule has 0 bridgehead atoms.